The minimum Gasteiger partial charge on any atom is -0.497 e. The molecule has 0 aliphatic carbocycles. The van der Waals surface area contributed by atoms with Crippen LogP contribution in [-0.4, -0.2) is 55.1 Å². The third kappa shape index (κ3) is 7.54. The average Bonchev–Trinajstić information content (AvgIpc) is 3.53. The second kappa shape index (κ2) is 13.8. The summed E-state index contributed by atoms with van der Waals surface area (Å²) in [6.07, 6.45) is 1.78. The van der Waals surface area contributed by atoms with Crippen LogP contribution < -0.4 is 14.8 Å². The van der Waals surface area contributed by atoms with Crippen molar-refractivity contribution in [3.8, 4) is 22.6 Å². The molecule has 0 saturated carbocycles. The summed E-state index contributed by atoms with van der Waals surface area (Å²) in [5, 5.41) is 12.2. The zero-order valence-electron chi connectivity index (χ0n) is 23.0. The highest BCUT2D eigenvalue weighted by Gasteiger charge is 2.23. The molecule has 0 fully saturated rings. The molecule has 0 radical (unpaired) electrons. The van der Waals surface area contributed by atoms with E-state index in [2.05, 4.69) is 5.32 Å². The minimum absolute atomic E-state index is 0.0227. The Bertz CT molecular complexity index is 1480. The number of hydrogen-bond donors (Lipinski definition) is 2. The smallest absolute Gasteiger partial charge is 0.305 e. The minimum atomic E-state index is -1.00. The Hall–Kier alpha value is -5.05. The predicted octanol–water partition coefficient (Wildman–Crippen LogP) is 5.05. The predicted molar refractivity (Wildman–Crippen MR) is 153 cm³/mol. The van der Waals surface area contributed by atoms with Crippen LogP contribution in [0.25, 0.3) is 11.1 Å². The first kappa shape index (κ1) is 28.9. The van der Waals surface area contributed by atoms with Crippen LogP contribution in [0, 0.1) is 0 Å². The molecule has 0 bridgehead atoms. The molecule has 4 aromatic rings. The third-order valence-corrected chi connectivity index (χ3v) is 6.59. The molecule has 0 unspecified atom stereocenters. The molecule has 3 aromatic carbocycles. The molecule has 4 rings (SSSR count). The number of nitrogens with zero attached hydrogens (tertiary/aromatic N) is 1. The van der Waals surface area contributed by atoms with Crippen LogP contribution in [0.4, 0.5) is 0 Å². The number of furan rings is 1. The molecule has 1 heterocycles. The van der Waals surface area contributed by atoms with Gasteiger partial charge in [0.2, 0.25) is 0 Å². The van der Waals surface area contributed by atoms with Gasteiger partial charge < -0.3 is 29.2 Å². The zero-order chi connectivity index (χ0) is 29.2. The highest BCUT2D eigenvalue weighted by atomic mass is 16.5. The van der Waals surface area contributed by atoms with Gasteiger partial charge in [0.25, 0.3) is 11.8 Å². The van der Waals surface area contributed by atoms with E-state index in [9.17, 15) is 19.5 Å². The van der Waals surface area contributed by atoms with Gasteiger partial charge in [0.05, 0.1) is 33.4 Å². The third-order valence-electron chi connectivity index (χ3n) is 6.59. The first-order valence-electron chi connectivity index (χ1n) is 13.1. The van der Waals surface area contributed by atoms with E-state index in [0.717, 1.165) is 5.56 Å². The van der Waals surface area contributed by atoms with Crippen molar-refractivity contribution in [2.45, 2.75) is 19.4 Å². The van der Waals surface area contributed by atoms with E-state index in [1.165, 1.54) is 11.2 Å². The van der Waals surface area contributed by atoms with E-state index in [1.54, 1.807) is 80.9 Å². The van der Waals surface area contributed by atoms with Gasteiger partial charge in [-0.3, -0.25) is 14.4 Å². The fraction of sp³-hybridized carbons (Fsp3) is 0.219. The van der Waals surface area contributed by atoms with E-state index in [1.807, 2.05) is 12.1 Å². The Labute approximate surface area is 238 Å². The highest BCUT2D eigenvalue weighted by Crippen LogP contribution is 2.29. The van der Waals surface area contributed by atoms with E-state index in [-0.39, 0.29) is 37.9 Å². The highest BCUT2D eigenvalue weighted by molar-refractivity contribution is 6.06. The van der Waals surface area contributed by atoms with Crippen LogP contribution in [0.1, 0.15) is 38.5 Å². The molecule has 212 valence electrons. The maximum absolute atomic E-state index is 14.0. The Morgan fingerprint density at radius 1 is 0.829 bits per heavy atom. The molecule has 0 aliphatic heterocycles. The second-order valence-electron chi connectivity index (χ2n) is 9.26. The lowest BCUT2D eigenvalue weighted by molar-refractivity contribution is -0.137. The number of hydrogen-bond acceptors (Lipinski definition) is 6. The van der Waals surface area contributed by atoms with E-state index < -0.39 is 5.97 Å². The molecular formula is C32H32N2O7. The van der Waals surface area contributed by atoms with Crippen molar-refractivity contribution < 1.29 is 33.4 Å². The number of carbonyl (C=O) groups excluding carboxylic acids is 2. The fourth-order valence-corrected chi connectivity index (χ4v) is 4.49. The first-order chi connectivity index (χ1) is 19.9. The van der Waals surface area contributed by atoms with Crippen molar-refractivity contribution in [2.75, 3.05) is 27.3 Å². The molecule has 41 heavy (non-hydrogen) atoms. The van der Waals surface area contributed by atoms with Gasteiger partial charge in [0, 0.05) is 30.3 Å². The summed E-state index contributed by atoms with van der Waals surface area (Å²) in [6, 6.07) is 23.1. The van der Waals surface area contributed by atoms with E-state index in [0.29, 0.717) is 45.9 Å². The van der Waals surface area contributed by atoms with Gasteiger partial charge in [-0.1, -0.05) is 36.4 Å². The number of carbonyl (C=O) groups is 3. The molecule has 9 nitrogen and oxygen atoms in total. The van der Waals surface area contributed by atoms with Gasteiger partial charge >= 0.3 is 5.97 Å². The van der Waals surface area contributed by atoms with Crippen LogP contribution in [0.3, 0.4) is 0 Å². The molecule has 0 spiro atoms. The summed E-state index contributed by atoms with van der Waals surface area (Å²) >= 11 is 0. The van der Waals surface area contributed by atoms with Gasteiger partial charge in [-0.2, -0.15) is 0 Å². The lowest BCUT2D eigenvalue weighted by atomic mass is 9.94. The number of nitrogens with one attached hydrogen (secondary N) is 1. The van der Waals surface area contributed by atoms with Gasteiger partial charge in [0.15, 0.2) is 0 Å². The fourth-order valence-electron chi connectivity index (χ4n) is 4.49. The number of benzene rings is 3. The van der Waals surface area contributed by atoms with Gasteiger partial charge in [-0.25, -0.2) is 0 Å². The molecular weight excluding hydrogens is 524 g/mol. The summed E-state index contributed by atoms with van der Waals surface area (Å²) in [6.45, 7) is 0.510. The molecule has 0 atom stereocenters. The number of rotatable bonds is 13. The van der Waals surface area contributed by atoms with Crippen LogP contribution in [-0.2, 0) is 17.8 Å². The van der Waals surface area contributed by atoms with E-state index >= 15 is 0 Å². The lowest BCUT2D eigenvalue weighted by Gasteiger charge is -2.24. The normalized spacial score (nSPS) is 10.6. The van der Waals surface area contributed by atoms with Gasteiger partial charge in [0.1, 0.15) is 17.3 Å². The quantitative estimate of drug-likeness (QED) is 0.237. The van der Waals surface area contributed by atoms with Crippen LogP contribution >= 0.6 is 0 Å². The van der Waals surface area contributed by atoms with Crippen molar-refractivity contribution in [2.24, 2.45) is 0 Å². The summed E-state index contributed by atoms with van der Waals surface area (Å²) < 4.78 is 16.0. The molecule has 1 aromatic heterocycles. The number of carboxylic acids is 1. The first-order valence-corrected chi connectivity index (χ1v) is 13.1. The largest absolute Gasteiger partial charge is 0.497 e. The van der Waals surface area contributed by atoms with Crippen molar-refractivity contribution in [1.82, 2.24) is 10.2 Å². The maximum Gasteiger partial charge on any atom is 0.305 e. The molecule has 2 N–H and O–H groups in total. The van der Waals surface area contributed by atoms with Gasteiger partial charge in [-0.05, 0) is 59.5 Å². The summed E-state index contributed by atoms with van der Waals surface area (Å²) in [7, 11) is 3.13. The number of ether oxygens (including phenoxy) is 2. The number of amides is 2. The van der Waals surface area contributed by atoms with Crippen molar-refractivity contribution >= 4 is 17.8 Å². The second-order valence-corrected chi connectivity index (χ2v) is 9.26. The van der Waals surface area contributed by atoms with Crippen molar-refractivity contribution in [3.63, 3.8) is 0 Å². The molecule has 0 aliphatic rings. The molecule has 2 amide bonds. The number of aliphatic carboxylic acids is 1. The Morgan fingerprint density at radius 2 is 1.46 bits per heavy atom. The average molecular weight is 557 g/mol. The standard InChI is InChI=1S/C32H32N2O7/c1-39-24-18-22(19-25(20-24)40-2)13-15-34(16-14-30(35)36)32(38)29-12-6-4-10-27(29)26-9-3-5-11-28(26)31(37)33-21-23-8-7-17-41-23/h3-12,17-20H,13-16,21H2,1-2H3,(H,33,37)(H,35,36). The van der Waals surface area contributed by atoms with Crippen molar-refractivity contribution in [3.05, 3.63) is 108 Å². The zero-order valence-corrected chi connectivity index (χ0v) is 23.0. The monoisotopic (exact) mass is 556 g/mol. The molecule has 9 heteroatoms. The number of carboxylic acid groups (broad SMARTS) is 1. The van der Waals surface area contributed by atoms with Crippen molar-refractivity contribution in [1.29, 1.82) is 0 Å². The summed E-state index contributed by atoms with van der Waals surface area (Å²) in [5.74, 6) is 0.216. The summed E-state index contributed by atoms with van der Waals surface area (Å²) in [4.78, 5) is 40.1. The van der Waals surface area contributed by atoms with Crippen LogP contribution in [0.15, 0.2) is 89.5 Å². The Morgan fingerprint density at radius 3 is 2.07 bits per heavy atom. The summed E-state index contributed by atoms with van der Waals surface area (Å²) in [5.41, 5.74) is 2.81. The SMILES string of the molecule is COc1cc(CCN(CCC(=O)O)C(=O)c2ccccc2-c2ccccc2C(=O)NCc2ccco2)cc(OC)c1. The Kier molecular flexibility index (Phi) is 9.77. The maximum atomic E-state index is 14.0. The lowest BCUT2D eigenvalue weighted by Crippen LogP contribution is -2.35. The van der Waals surface area contributed by atoms with Crippen LogP contribution in [0.2, 0.25) is 0 Å². The molecule has 0 saturated heterocycles. The topological polar surface area (TPSA) is 118 Å². The van der Waals surface area contributed by atoms with Gasteiger partial charge in [-0.15, -0.1) is 0 Å². The van der Waals surface area contributed by atoms with Crippen LogP contribution in [0.5, 0.6) is 11.5 Å². The Balaban J connectivity index is 1.62. The number of methoxy groups -OCH3 is 2. The van der Waals surface area contributed by atoms with E-state index in [4.69, 9.17) is 13.9 Å².